The quantitative estimate of drug-likeness (QED) is 0.686. The second kappa shape index (κ2) is 3.44. The minimum absolute atomic E-state index is 0.309. The number of benzene rings is 1. The summed E-state index contributed by atoms with van der Waals surface area (Å²) in [6, 6.07) is 7.56. The lowest BCUT2D eigenvalue weighted by Gasteiger charge is -2.39. The van der Waals surface area contributed by atoms with E-state index in [0.29, 0.717) is 6.79 Å². The maximum atomic E-state index is 5.36. The van der Waals surface area contributed by atoms with Crippen LogP contribution in [0.1, 0.15) is 5.56 Å². The van der Waals surface area contributed by atoms with E-state index in [1.54, 1.807) is 13.2 Å². The highest BCUT2D eigenvalue weighted by Gasteiger charge is 2.38. The molecule has 0 spiro atoms. The molecule has 1 aliphatic rings. The Labute approximate surface area is 82.9 Å². The number of methoxy groups -OCH3 is 1. The first-order valence-electron chi connectivity index (χ1n) is 4.37. The van der Waals surface area contributed by atoms with E-state index >= 15 is 0 Å². The normalized spacial score (nSPS) is 18.4. The van der Waals surface area contributed by atoms with Crippen molar-refractivity contribution in [1.82, 2.24) is 0 Å². The highest BCUT2D eigenvalue weighted by Crippen LogP contribution is 2.36. The van der Waals surface area contributed by atoms with Gasteiger partial charge >= 0.3 is 0 Å². The highest BCUT2D eigenvalue weighted by atomic mass is 16.9. The molecule has 0 N–H and O–H groups in total. The van der Waals surface area contributed by atoms with Crippen LogP contribution in [-0.2, 0) is 15.3 Å². The van der Waals surface area contributed by atoms with Gasteiger partial charge < -0.3 is 14.2 Å². The molecule has 3 nitrogen and oxygen atoms in total. The molecule has 1 saturated heterocycles. The van der Waals surface area contributed by atoms with E-state index in [9.17, 15) is 0 Å². The first kappa shape index (κ1) is 9.24. The van der Waals surface area contributed by atoms with E-state index in [1.165, 1.54) is 0 Å². The molecule has 0 amide bonds. The van der Waals surface area contributed by atoms with Crippen molar-refractivity contribution in [1.29, 1.82) is 0 Å². The number of rotatable bonds is 3. The Morgan fingerprint density at radius 1 is 1.50 bits per heavy atom. The SMILES string of the molecule is C=CC1(c2cccc(OC)c2)OCO1. The maximum Gasteiger partial charge on any atom is 0.219 e. The summed E-state index contributed by atoms with van der Waals surface area (Å²) in [5.41, 5.74) is 0.901. The number of hydrogen-bond donors (Lipinski definition) is 0. The lowest BCUT2D eigenvalue weighted by molar-refractivity contribution is -0.382. The second-order valence-corrected chi connectivity index (χ2v) is 3.01. The van der Waals surface area contributed by atoms with Crippen molar-refractivity contribution in [2.24, 2.45) is 0 Å². The van der Waals surface area contributed by atoms with Crippen LogP contribution in [0.4, 0.5) is 0 Å². The summed E-state index contributed by atoms with van der Waals surface area (Å²) in [6.45, 7) is 4.00. The summed E-state index contributed by atoms with van der Waals surface area (Å²) in [7, 11) is 1.63. The summed E-state index contributed by atoms with van der Waals surface area (Å²) in [4.78, 5) is 0. The smallest absolute Gasteiger partial charge is 0.219 e. The Bertz CT molecular complexity index is 342. The fraction of sp³-hybridized carbons (Fsp3) is 0.273. The van der Waals surface area contributed by atoms with Crippen molar-refractivity contribution in [3.05, 3.63) is 42.5 Å². The molecule has 0 radical (unpaired) electrons. The molecular weight excluding hydrogens is 180 g/mol. The first-order chi connectivity index (χ1) is 6.80. The van der Waals surface area contributed by atoms with Gasteiger partial charge in [0.15, 0.2) is 6.79 Å². The molecule has 1 fully saturated rings. The molecule has 74 valence electrons. The molecule has 1 aliphatic heterocycles. The zero-order valence-electron chi connectivity index (χ0n) is 8.03. The van der Waals surface area contributed by atoms with Crippen molar-refractivity contribution >= 4 is 0 Å². The zero-order valence-corrected chi connectivity index (χ0v) is 8.03. The van der Waals surface area contributed by atoms with E-state index in [2.05, 4.69) is 6.58 Å². The lowest BCUT2D eigenvalue weighted by Crippen LogP contribution is -2.41. The van der Waals surface area contributed by atoms with Gasteiger partial charge in [-0.3, -0.25) is 0 Å². The standard InChI is InChI=1S/C11H12O3/c1-3-11(13-8-14-11)9-5-4-6-10(7-9)12-2/h3-7H,1,8H2,2H3. The summed E-state index contributed by atoms with van der Waals surface area (Å²) < 4.78 is 15.8. The van der Waals surface area contributed by atoms with Crippen molar-refractivity contribution in [2.45, 2.75) is 5.79 Å². The van der Waals surface area contributed by atoms with Gasteiger partial charge in [-0.25, -0.2) is 0 Å². The molecule has 0 aliphatic carbocycles. The molecule has 0 atom stereocenters. The van der Waals surface area contributed by atoms with E-state index in [4.69, 9.17) is 14.2 Å². The van der Waals surface area contributed by atoms with Crippen molar-refractivity contribution < 1.29 is 14.2 Å². The molecule has 1 aromatic rings. The van der Waals surface area contributed by atoms with Crippen LogP contribution in [-0.4, -0.2) is 13.9 Å². The average Bonchev–Trinajstić information content (AvgIpc) is 2.18. The fourth-order valence-electron chi connectivity index (χ4n) is 1.43. The van der Waals surface area contributed by atoms with Crippen LogP contribution >= 0.6 is 0 Å². The highest BCUT2D eigenvalue weighted by molar-refractivity contribution is 5.33. The van der Waals surface area contributed by atoms with Gasteiger partial charge in [0.05, 0.1) is 7.11 Å². The Hall–Kier alpha value is -1.32. The van der Waals surface area contributed by atoms with Crippen LogP contribution in [0.3, 0.4) is 0 Å². The number of ether oxygens (including phenoxy) is 3. The van der Waals surface area contributed by atoms with Crippen LogP contribution in [0, 0.1) is 0 Å². The molecule has 0 unspecified atom stereocenters. The van der Waals surface area contributed by atoms with Crippen molar-refractivity contribution in [3.63, 3.8) is 0 Å². The van der Waals surface area contributed by atoms with Gasteiger partial charge in [0.1, 0.15) is 5.75 Å². The Morgan fingerprint density at radius 3 is 2.79 bits per heavy atom. The van der Waals surface area contributed by atoms with Crippen LogP contribution in [0.5, 0.6) is 5.75 Å². The van der Waals surface area contributed by atoms with E-state index in [1.807, 2.05) is 24.3 Å². The van der Waals surface area contributed by atoms with Crippen LogP contribution in [0.15, 0.2) is 36.9 Å². The van der Waals surface area contributed by atoms with Crippen LogP contribution in [0.2, 0.25) is 0 Å². The van der Waals surface area contributed by atoms with Gasteiger partial charge in [-0.15, -0.1) is 0 Å². The third-order valence-electron chi connectivity index (χ3n) is 2.29. The minimum atomic E-state index is -0.769. The fourth-order valence-corrected chi connectivity index (χ4v) is 1.43. The molecular formula is C11H12O3. The Balaban J connectivity index is 2.35. The second-order valence-electron chi connectivity index (χ2n) is 3.01. The summed E-state index contributed by atoms with van der Waals surface area (Å²) in [5.74, 6) is 0.0111. The molecule has 1 aromatic carbocycles. The van der Waals surface area contributed by atoms with Gasteiger partial charge in [-0.05, 0) is 18.2 Å². The molecule has 0 saturated carbocycles. The van der Waals surface area contributed by atoms with Gasteiger partial charge in [-0.1, -0.05) is 18.7 Å². The molecule has 1 heterocycles. The van der Waals surface area contributed by atoms with Gasteiger partial charge in [-0.2, -0.15) is 0 Å². The summed E-state index contributed by atoms with van der Waals surface area (Å²) in [5, 5.41) is 0. The van der Waals surface area contributed by atoms with Crippen LogP contribution < -0.4 is 4.74 Å². The molecule has 14 heavy (non-hydrogen) atoms. The third kappa shape index (κ3) is 1.31. The third-order valence-corrected chi connectivity index (χ3v) is 2.29. The lowest BCUT2D eigenvalue weighted by atomic mass is 10.0. The van der Waals surface area contributed by atoms with Gasteiger partial charge in [0.2, 0.25) is 5.79 Å². The molecule has 2 rings (SSSR count). The summed E-state index contributed by atoms with van der Waals surface area (Å²) >= 11 is 0. The largest absolute Gasteiger partial charge is 0.497 e. The number of hydrogen-bond acceptors (Lipinski definition) is 3. The average molecular weight is 192 g/mol. The predicted molar refractivity (Wildman–Crippen MR) is 51.9 cm³/mol. The molecule has 0 bridgehead atoms. The first-order valence-corrected chi connectivity index (χ1v) is 4.37. The van der Waals surface area contributed by atoms with Gasteiger partial charge in [0, 0.05) is 5.56 Å². The monoisotopic (exact) mass is 192 g/mol. The minimum Gasteiger partial charge on any atom is -0.497 e. The zero-order chi connectivity index (χ0) is 10.0. The van der Waals surface area contributed by atoms with E-state index in [-0.39, 0.29) is 0 Å². The Kier molecular flexibility index (Phi) is 2.27. The van der Waals surface area contributed by atoms with Gasteiger partial charge in [0.25, 0.3) is 0 Å². The topological polar surface area (TPSA) is 27.7 Å². The van der Waals surface area contributed by atoms with Crippen molar-refractivity contribution in [3.8, 4) is 5.75 Å². The van der Waals surface area contributed by atoms with Crippen molar-refractivity contribution in [2.75, 3.05) is 13.9 Å². The summed E-state index contributed by atoms with van der Waals surface area (Å²) in [6.07, 6.45) is 1.64. The molecule has 0 aromatic heterocycles. The molecule has 3 heteroatoms. The predicted octanol–water partition coefficient (Wildman–Crippen LogP) is 2.04. The maximum absolute atomic E-state index is 5.36. The van der Waals surface area contributed by atoms with E-state index in [0.717, 1.165) is 11.3 Å². The van der Waals surface area contributed by atoms with Crippen LogP contribution in [0.25, 0.3) is 0 Å². The Morgan fingerprint density at radius 2 is 2.29 bits per heavy atom. The van der Waals surface area contributed by atoms with E-state index < -0.39 is 5.79 Å².